The monoisotopic (exact) mass is 220 g/mol. The van der Waals surface area contributed by atoms with Crippen molar-refractivity contribution in [1.29, 1.82) is 0 Å². The van der Waals surface area contributed by atoms with E-state index in [1.165, 1.54) is 0 Å². The van der Waals surface area contributed by atoms with E-state index in [1.807, 2.05) is 0 Å². The second-order valence-corrected chi connectivity index (χ2v) is 3.67. The van der Waals surface area contributed by atoms with Crippen molar-refractivity contribution in [1.82, 2.24) is 10.5 Å². The summed E-state index contributed by atoms with van der Waals surface area (Å²) in [5, 5.41) is 6.19. The average molecular weight is 220 g/mol. The minimum absolute atomic E-state index is 0.221. The molecule has 3 nitrogen and oxygen atoms in total. The maximum Gasteiger partial charge on any atom is 0.436 e. The van der Waals surface area contributed by atoms with Gasteiger partial charge in [-0.1, -0.05) is 5.16 Å². The third-order valence-electron chi connectivity index (χ3n) is 2.46. The third kappa shape index (κ3) is 2.50. The molecule has 0 saturated carbocycles. The van der Waals surface area contributed by atoms with Crippen molar-refractivity contribution in [3.05, 3.63) is 17.5 Å². The number of nitrogens with zero attached hydrogens (tertiary/aromatic N) is 1. The van der Waals surface area contributed by atoms with E-state index in [2.05, 4.69) is 15.0 Å². The molecule has 6 heteroatoms. The van der Waals surface area contributed by atoms with Crippen LogP contribution >= 0.6 is 0 Å². The number of hydrogen-bond acceptors (Lipinski definition) is 3. The summed E-state index contributed by atoms with van der Waals surface area (Å²) >= 11 is 0. The van der Waals surface area contributed by atoms with Crippen LogP contribution in [-0.2, 0) is 12.6 Å². The highest BCUT2D eigenvalue weighted by molar-refractivity contribution is 5.10. The van der Waals surface area contributed by atoms with Crippen molar-refractivity contribution in [3.8, 4) is 0 Å². The van der Waals surface area contributed by atoms with Crippen LogP contribution < -0.4 is 5.32 Å². The number of rotatable bonds is 2. The molecule has 1 aromatic rings. The molecular weight excluding hydrogens is 209 g/mol. The standard InChI is InChI=1S/C9H11F3N2O/c10-9(11,12)8-5-7(15-14-8)4-6-2-1-3-13-6/h5-6,13H,1-4H2. The minimum Gasteiger partial charge on any atom is -0.361 e. The zero-order chi connectivity index (χ0) is 10.9. The summed E-state index contributed by atoms with van der Waals surface area (Å²) in [7, 11) is 0. The fraction of sp³-hybridized carbons (Fsp3) is 0.667. The summed E-state index contributed by atoms with van der Waals surface area (Å²) in [4.78, 5) is 0. The molecule has 0 radical (unpaired) electrons. The van der Waals surface area contributed by atoms with Crippen LogP contribution in [0.2, 0.25) is 0 Å². The van der Waals surface area contributed by atoms with Gasteiger partial charge in [-0.15, -0.1) is 0 Å². The van der Waals surface area contributed by atoms with Gasteiger partial charge in [0.15, 0.2) is 5.69 Å². The zero-order valence-corrected chi connectivity index (χ0v) is 7.97. The van der Waals surface area contributed by atoms with Gasteiger partial charge in [0.1, 0.15) is 5.76 Å². The molecule has 15 heavy (non-hydrogen) atoms. The third-order valence-corrected chi connectivity index (χ3v) is 2.46. The van der Waals surface area contributed by atoms with Crippen LogP contribution in [0.4, 0.5) is 13.2 Å². The highest BCUT2D eigenvalue weighted by atomic mass is 19.4. The Morgan fingerprint density at radius 1 is 1.53 bits per heavy atom. The van der Waals surface area contributed by atoms with Gasteiger partial charge in [-0.25, -0.2) is 0 Å². The van der Waals surface area contributed by atoms with Gasteiger partial charge in [0.2, 0.25) is 0 Å². The van der Waals surface area contributed by atoms with Gasteiger partial charge in [0, 0.05) is 18.5 Å². The molecule has 0 bridgehead atoms. The topological polar surface area (TPSA) is 38.1 Å². The van der Waals surface area contributed by atoms with E-state index in [-0.39, 0.29) is 6.04 Å². The molecule has 1 saturated heterocycles. The molecule has 1 aliphatic rings. The molecule has 84 valence electrons. The van der Waals surface area contributed by atoms with E-state index in [0.29, 0.717) is 12.2 Å². The van der Waals surface area contributed by atoms with Gasteiger partial charge in [0.25, 0.3) is 0 Å². The Morgan fingerprint density at radius 3 is 2.87 bits per heavy atom. The van der Waals surface area contributed by atoms with E-state index in [0.717, 1.165) is 25.5 Å². The van der Waals surface area contributed by atoms with Crippen LogP contribution in [0.15, 0.2) is 10.6 Å². The summed E-state index contributed by atoms with van der Waals surface area (Å²) in [6, 6.07) is 1.19. The van der Waals surface area contributed by atoms with Crippen molar-refractivity contribution in [2.45, 2.75) is 31.5 Å². The molecule has 1 N–H and O–H groups in total. The van der Waals surface area contributed by atoms with Gasteiger partial charge in [-0.05, 0) is 19.4 Å². The van der Waals surface area contributed by atoms with Crippen LogP contribution in [-0.4, -0.2) is 17.7 Å². The fourth-order valence-corrected chi connectivity index (χ4v) is 1.72. The SMILES string of the molecule is FC(F)(F)c1cc(CC2CCCN2)on1. The summed E-state index contributed by atoms with van der Waals surface area (Å²) in [5.74, 6) is 0.293. The van der Waals surface area contributed by atoms with Gasteiger partial charge < -0.3 is 9.84 Å². The fourth-order valence-electron chi connectivity index (χ4n) is 1.72. The van der Waals surface area contributed by atoms with E-state index in [1.54, 1.807) is 0 Å². The number of alkyl halides is 3. The van der Waals surface area contributed by atoms with Crippen LogP contribution in [0, 0.1) is 0 Å². The molecule has 1 aromatic heterocycles. The van der Waals surface area contributed by atoms with E-state index < -0.39 is 11.9 Å². The molecule has 0 spiro atoms. The Balaban J connectivity index is 2.00. The summed E-state index contributed by atoms with van der Waals surface area (Å²) < 4.78 is 41.2. The number of nitrogens with one attached hydrogen (secondary N) is 1. The Hall–Kier alpha value is -1.04. The molecular formula is C9H11F3N2O. The Kier molecular flexibility index (Phi) is 2.68. The van der Waals surface area contributed by atoms with Crippen molar-refractivity contribution in [3.63, 3.8) is 0 Å². The smallest absolute Gasteiger partial charge is 0.361 e. The predicted molar refractivity (Wildman–Crippen MR) is 46.2 cm³/mol. The quantitative estimate of drug-likeness (QED) is 0.828. The first kappa shape index (κ1) is 10.5. The molecule has 0 aliphatic carbocycles. The lowest BCUT2D eigenvalue weighted by atomic mass is 10.1. The van der Waals surface area contributed by atoms with Crippen LogP contribution in [0.5, 0.6) is 0 Å². The van der Waals surface area contributed by atoms with E-state index >= 15 is 0 Å². The summed E-state index contributed by atoms with van der Waals surface area (Å²) in [5.41, 5.74) is -0.949. The highest BCUT2D eigenvalue weighted by Crippen LogP contribution is 2.28. The van der Waals surface area contributed by atoms with Gasteiger partial charge in [0.05, 0.1) is 0 Å². The minimum atomic E-state index is -4.41. The number of halogens is 3. The van der Waals surface area contributed by atoms with Crippen molar-refractivity contribution in [2.75, 3.05) is 6.54 Å². The maximum atomic E-state index is 12.2. The lowest BCUT2D eigenvalue weighted by Gasteiger charge is -2.05. The first-order valence-corrected chi connectivity index (χ1v) is 4.82. The molecule has 1 unspecified atom stereocenters. The lowest BCUT2D eigenvalue weighted by molar-refractivity contribution is -0.142. The number of aromatic nitrogens is 1. The Labute approximate surface area is 84.6 Å². The zero-order valence-electron chi connectivity index (χ0n) is 7.97. The van der Waals surface area contributed by atoms with Crippen LogP contribution in [0.1, 0.15) is 24.3 Å². The molecule has 2 heterocycles. The molecule has 2 rings (SSSR count). The van der Waals surface area contributed by atoms with Crippen LogP contribution in [0.3, 0.4) is 0 Å². The van der Waals surface area contributed by atoms with E-state index in [9.17, 15) is 13.2 Å². The van der Waals surface area contributed by atoms with Crippen molar-refractivity contribution in [2.24, 2.45) is 0 Å². The molecule has 0 amide bonds. The van der Waals surface area contributed by atoms with Gasteiger partial charge in [-0.2, -0.15) is 13.2 Å². The highest BCUT2D eigenvalue weighted by Gasteiger charge is 2.35. The summed E-state index contributed by atoms with van der Waals surface area (Å²) in [6.07, 6.45) is -1.90. The Bertz CT molecular complexity index is 328. The molecule has 1 fully saturated rings. The average Bonchev–Trinajstić information content (AvgIpc) is 2.73. The first-order chi connectivity index (χ1) is 7.05. The van der Waals surface area contributed by atoms with E-state index in [4.69, 9.17) is 0 Å². The number of hydrogen-bond donors (Lipinski definition) is 1. The molecule has 0 aromatic carbocycles. The predicted octanol–water partition coefficient (Wildman–Crippen LogP) is 1.99. The van der Waals surface area contributed by atoms with Crippen molar-refractivity contribution >= 4 is 0 Å². The summed E-state index contributed by atoms with van der Waals surface area (Å²) in [6.45, 7) is 0.922. The second kappa shape index (κ2) is 3.84. The molecule has 1 aliphatic heterocycles. The van der Waals surface area contributed by atoms with Gasteiger partial charge in [-0.3, -0.25) is 0 Å². The Morgan fingerprint density at radius 2 is 2.33 bits per heavy atom. The molecule has 1 atom stereocenters. The first-order valence-electron chi connectivity index (χ1n) is 4.82. The second-order valence-electron chi connectivity index (χ2n) is 3.67. The van der Waals surface area contributed by atoms with Crippen molar-refractivity contribution < 1.29 is 17.7 Å². The normalized spacial score (nSPS) is 22.2. The van der Waals surface area contributed by atoms with Gasteiger partial charge >= 0.3 is 6.18 Å². The maximum absolute atomic E-state index is 12.2. The largest absolute Gasteiger partial charge is 0.436 e. The van der Waals surface area contributed by atoms with Crippen LogP contribution in [0.25, 0.3) is 0 Å². The lowest BCUT2D eigenvalue weighted by Crippen LogP contribution is -2.23.